The van der Waals surface area contributed by atoms with E-state index >= 15 is 0 Å². The van der Waals surface area contributed by atoms with Crippen LogP contribution >= 0.6 is 0 Å². The molecule has 4 rings (SSSR count). The quantitative estimate of drug-likeness (QED) is 0.736. The van der Waals surface area contributed by atoms with Crippen LogP contribution in [0.3, 0.4) is 0 Å². The molecule has 2 nitrogen and oxygen atoms in total. The van der Waals surface area contributed by atoms with Gasteiger partial charge in [-0.1, -0.05) is 37.3 Å². The second-order valence-electron chi connectivity index (χ2n) is 7.83. The molecule has 28 heavy (non-hydrogen) atoms. The fourth-order valence-corrected chi connectivity index (χ4v) is 4.06. The number of likely N-dealkylation sites (N-methyl/N-ethyl adjacent to an activating group) is 1. The number of nitrogens with zero attached hydrogens (tertiary/aromatic N) is 2. The van der Waals surface area contributed by atoms with Gasteiger partial charge in [0, 0.05) is 32.7 Å². The lowest BCUT2D eigenvalue weighted by molar-refractivity contribution is 0.241. The van der Waals surface area contributed by atoms with Crippen molar-refractivity contribution in [2.45, 2.75) is 46.2 Å². The highest BCUT2D eigenvalue weighted by atomic mass is 19.1. The molecule has 2 heterocycles. The van der Waals surface area contributed by atoms with Gasteiger partial charge in [-0.05, 0) is 66.6 Å². The fraction of sp³-hybridized carbons (Fsp3) is 0.500. The van der Waals surface area contributed by atoms with Crippen molar-refractivity contribution in [2.24, 2.45) is 0 Å². The van der Waals surface area contributed by atoms with Gasteiger partial charge in [-0.3, -0.25) is 14.2 Å². The molecule has 152 valence electrons. The molecule has 0 atom stereocenters. The van der Waals surface area contributed by atoms with E-state index in [-0.39, 0.29) is 12.5 Å². The SMILES string of the molecule is CCN1CCc2cc(F)c(C)cc2C1.FCCCN1CCc2ccccc2C1. The molecule has 0 aromatic heterocycles. The van der Waals surface area contributed by atoms with Crippen LogP contribution in [0.25, 0.3) is 0 Å². The first-order valence-corrected chi connectivity index (χ1v) is 10.5. The summed E-state index contributed by atoms with van der Waals surface area (Å²) < 4.78 is 25.3. The minimum absolute atomic E-state index is 0.0614. The van der Waals surface area contributed by atoms with Crippen LogP contribution in [0.15, 0.2) is 36.4 Å². The highest BCUT2D eigenvalue weighted by molar-refractivity contribution is 5.34. The van der Waals surface area contributed by atoms with Gasteiger partial charge in [-0.25, -0.2) is 4.39 Å². The lowest BCUT2D eigenvalue weighted by atomic mass is 9.97. The molecular formula is C24H32F2N2. The zero-order valence-electron chi connectivity index (χ0n) is 17.2. The maximum Gasteiger partial charge on any atom is 0.126 e. The number of halogens is 2. The van der Waals surface area contributed by atoms with Crippen LogP contribution in [-0.4, -0.2) is 42.7 Å². The minimum Gasteiger partial charge on any atom is -0.299 e. The molecule has 0 amide bonds. The first-order chi connectivity index (χ1) is 13.6. The van der Waals surface area contributed by atoms with Gasteiger partial charge in [0.15, 0.2) is 0 Å². The Balaban J connectivity index is 0.000000161. The van der Waals surface area contributed by atoms with Crippen molar-refractivity contribution in [3.8, 4) is 0 Å². The summed E-state index contributed by atoms with van der Waals surface area (Å²) in [6.07, 6.45) is 2.77. The average Bonchev–Trinajstić information content (AvgIpc) is 2.73. The van der Waals surface area contributed by atoms with Gasteiger partial charge >= 0.3 is 0 Å². The molecule has 0 saturated heterocycles. The van der Waals surface area contributed by atoms with E-state index in [0.717, 1.165) is 57.7 Å². The van der Waals surface area contributed by atoms with E-state index in [0.29, 0.717) is 6.42 Å². The van der Waals surface area contributed by atoms with Crippen LogP contribution in [0.2, 0.25) is 0 Å². The van der Waals surface area contributed by atoms with Crippen LogP contribution in [-0.2, 0) is 25.9 Å². The summed E-state index contributed by atoms with van der Waals surface area (Å²) in [6.45, 7) is 9.90. The molecule has 0 N–H and O–H groups in total. The Morgan fingerprint density at radius 1 is 0.893 bits per heavy atom. The van der Waals surface area contributed by atoms with Crippen LogP contribution in [0, 0.1) is 12.7 Å². The van der Waals surface area contributed by atoms with E-state index in [1.165, 1.54) is 22.3 Å². The number of fused-ring (bicyclic) bond motifs is 2. The lowest BCUT2D eigenvalue weighted by Gasteiger charge is -2.28. The summed E-state index contributed by atoms with van der Waals surface area (Å²) in [4.78, 5) is 4.72. The first-order valence-electron chi connectivity index (χ1n) is 10.5. The van der Waals surface area contributed by atoms with Crippen molar-refractivity contribution in [2.75, 3.05) is 32.9 Å². The van der Waals surface area contributed by atoms with Crippen molar-refractivity contribution < 1.29 is 8.78 Å². The van der Waals surface area contributed by atoms with E-state index in [1.54, 1.807) is 6.07 Å². The van der Waals surface area contributed by atoms with Gasteiger partial charge in [0.1, 0.15) is 5.82 Å². The van der Waals surface area contributed by atoms with Crippen LogP contribution in [0.4, 0.5) is 8.78 Å². The Kier molecular flexibility index (Phi) is 7.57. The number of rotatable bonds is 4. The monoisotopic (exact) mass is 386 g/mol. The van der Waals surface area contributed by atoms with Crippen LogP contribution < -0.4 is 0 Å². The largest absolute Gasteiger partial charge is 0.299 e. The Morgan fingerprint density at radius 2 is 1.57 bits per heavy atom. The van der Waals surface area contributed by atoms with Crippen molar-refractivity contribution in [3.05, 3.63) is 70.0 Å². The van der Waals surface area contributed by atoms with E-state index in [4.69, 9.17) is 0 Å². The first kappa shape index (κ1) is 20.9. The van der Waals surface area contributed by atoms with Crippen molar-refractivity contribution in [1.29, 1.82) is 0 Å². The van der Waals surface area contributed by atoms with Gasteiger partial charge in [0.05, 0.1) is 6.67 Å². The topological polar surface area (TPSA) is 6.48 Å². The predicted octanol–water partition coefficient (Wildman–Crippen LogP) is 4.92. The summed E-state index contributed by atoms with van der Waals surface area (Å²) in [6, 6.07) is 12.2. The Hall–Kier alpha value is -1.78. The molecule has 4 heteroatoms. The molecule has 2 aliphatic heterocycles. The maximum atomic E-state index is 13.3. The van der Waals surface area contributed by atoms with Crippen LogP contribution in [0.1, 0.15) is 41.2 Å². The smallest absolute Gasteiger partial charge is 0.126 e. The molecule has 2 aliphatic rings. The van der Waals surface area contributed by atoms with Crippen LogP contribution in [0.5, 0.6) is 0 Å². The second kappa shape index (κ2) is 10.1. The third-order valence-corrected chi connectivity index (χ3v) is 5.84. The van der Waals surface area contributed by atoms with Gasteiger partial charge < -0.3 is 0 Å². The molecule has 2 aromatic carbocycles. The number of hydrogen-bond donors (Lipinski definition) is 0. The lowest BCUT2D eigenvalue weighted by Crippen LogP contribution is -2.31. The van der Waals surface area contributed by atoms with Crippen molar-refractivity contribution in [3.63, 3.8) is 0 Å². The summed E-state index contributed by atoms with van der Waals surface area (Å²) in [5.41, 5.74) is 6.14. The Bertz CT molecular complexity index is 775. The third kappa shape index (κ3) is 5.39. The molecule has 0 saturated carbocycles. The van der Waals surface area contributed by atoms with E-state index in [1.807, 2.05) is 13.0 Å². The molecule has 0 fully saturated rings. The number of aryl methyl sites for hydroxylation is 1. The van der Waals surface area contributed by atoms with Gasteiger partial charge in [0.25, 0.3) is 0 Å². The predicted molar refractivity (Wildman–Crippen MR) is 112 cm³/mol. The number of benzene rings is 2. The molecule has 0 unspecified atom stereocenters. The molecule has 0 bridgehead atoms. The minimum atomic E-state index is -0.196. The fourth-order valence-electron chi connectivity index (χ4n) is 4.06. The molecule has 0 radical (unpaired) electrons. The van der Waals surface area contributed by atoms with Crippen molar-refractivity contribution in [1.82, 2.24) is 9.80 Å². The van der Waals surface area contributed by atoms with E-state index < -0.39 is 0 Å². The molecule has 0 aliphatic carbocycles. The maximum absolute atomic E-state index is 13.3. The number of hydrogen-bond acceptors (Lipinski definition) is 2. The van der Waals surface area contributed by atoms with Gasteiger partial charge in [-0.15, -0.1) is 0 Å². The summed E-state index contributed by atoms with van der Waals surface area (Å²) in [5, 5.41) is 0. The normalized spacial score (nSPS) is 16.7. The third-order valence-electron chi connectivity index (χ3n) is 5.84. The van der Waals surface area contributed by atoms with Gasteiger partial charge in [0.2, 0.25) is 0 Å². The second-order valence-corrected chi connectivity index (χ2v) is 7.83. The molecular weight excluding hydrogens is 354 g/mol. The van der Waals surface area contributed by atoms with E-state index in [9.17, 15) is 8.78 Å². The summed E-state index contributed by atoms with van der Waals surface area (Å²) in [7, 11) is 0. The van der Waals surface area contributed by atoms with E-state index in [2.05, 4.69) is 41.0 Å². The van der Waals surface area contributed by atoms with Crippen molar-refractivity contribution >= 4 is 0 Å². The highest BCUT2D eigenvalue weighted by Gasteiger charge is 2.16. The zero-order valence-corrected chi connectivity index (χ0v) is 17.2. The highest BCUT2D eigenvalue weighted by Crippen LogP contribution is 2.22. The molecule has 2 aromatic rings. The zero-order chi connectivity index (χ0) is 19.9. The summed E-state index contributed by atoms with van der Waals surface area (Å²) in [5.74, 6) is -0.0614. The number of alkyl halides is 1. The summed E-state index contributed by atoms with van der Waals surface area (Å²) >= 11 is 0. The Labute approximate surface area is 168 Å². The van der Waals surface area contributed by atoms with Gasteiger partial charge in [-0.2, -0.15) is 0 Å². The Morgan fingerprint density at radius 3 is 2.32 bits per heavy atom. The molecule has 0 spiro atoms. The standard InChI is InChI=1S/2C12H16FN/c1-3-14-5-4-10-7-12(13)9(2)6-11(10)8-14;13-7-3-8-14-9-6-11-4-1-2-5-12(11)10-14/h6-7H,3-5,8H2,1-2H3;1-2,4-5H,3,6-10H2. The average molecular weight is 387 g/mol.